The number of nitrogens with one attached hydrogen (secondary N) is 1. The van der Waals surface area contributed by atoms with Crippen LogP contribution in [0.25, 0.3) is 0 Å². The zero-order valence-electron chi connectivity index (χ0n) is 15.8. The Morgan fingerprint density at radius 3 is 2.62 bits per heavy atom. The predicted molar refractivity (Wildman–Crippen MR) is 104 cm³/mol. The molecule has 1 aliphatic carbocycles. The minimum atomic E-state index is -2.93. The number of carbonyl (C=O) groups is 2. The van der Waals surface area contributed by atoms with Gasteiger partial charge in [0.25, 0.3) is 0 Å². The van der Waals surface area contributed by atoms with Gasteiger partial charge in [-0.15, -0.1) is 0 Å². The van der Waals surface area contributed by atoms with Crippen molar-refractivity contribution in [2.24, 2.45) is 5.92 Å². The van der Waals surface area contributed by atoms with Gasteiger partial charge in [-0.3, -0.25) is 9.59 Å². The second-order valence-electron chi connectivity index (χ2n) is 7.53. The van der Waals surface area contributed by atoms with E-state index in [-0.39, 0.29) is 24.0 Å². The number of amides is 2. The highest BCUT2D eigenvalue weighted by atomic mass is 19.3. The molecule has 5 nitrogen and oxygen atoms in total. The van der Waals surface area contributed by atoms with Crippen molar-refractivity contribution < 1.29 is 23.1 Å². The third-order valence-electron chi connectivity index (χ3n) is 5.30. The molecule has 7 heteroatoms. The van der Waals surface area contributed by atoms with Crippen molar-refractivity contribution in [1.29, 1.82) is 0 Å². The molecule has 0 unspecified atom stereocenters. The van der Waals surface area contributed by atoms with E-state index in [2.05, 4.69) is 10.1 Å². The van der Waals surface area contributed by atoms with Crippen LogP contribution in [0, 0.1) is 5.92 Å². The molecule has 1 atom stereocenters. The average Bonchev–Trinajstić information content (AvgIpc) is 3.46. The molecule has 152 valence electrons. The molecule has 1 saturated carbocycles. The normalized spacial score (nSPS) is 18.9. The molecule has 1 N–H and O–H groups in total. The van der Waals surface area contributed by atoms with Crippen molar-refractivity contribution in [1.82, 2.24) is 4.90 Å². The molecular weight excluding hydrogens is 378 g/mol. The third kappa shape index (κ3) is 4.72. The Labute approximate surface area is 167 Å². The molecule has 2 amide bonds. The maximum atomic E-state index is 12.8. The second kappa shape index (κ2) is 8.19. The van der Waals surface area contributed by atoms with Gasteiger partial charge >= 0.3 is 6.61 Å². The summed E-state index contributed by atoms with van der Waals surface area (Å²) in [5, 5.41) is 2.83. The lowest BCUT2D eigenvalue weighted by Crippen LogP contribution is -2.29. The summed E-state index contributed by atoms with van der Waals surface area (Å²) < 4.78 is 30.2. The highest BCUT2D eigenvalue weighted by molar-refractivity contribution is 5.97. The maximum absolute atomic E-state index is 12.8. The van der Waals surface area contributed by atoms with Gasteiger partial charge in [-0.05, 0) is 36.6 Å². The van der Waals surface area contributed by atoms with Crippen LogP contribution in [0.3, 0.4) is 0 Å². The fourth-order valence-corrected chi connectivity index (χ4v) is 3.71. The van der Waals surface area contributed by atoms with E-state index in [9.17, 15) is 18.4 Å². The van der Waals surface area contributed by atoms with Crippen molar-refractivity contribution in [3.63, 3.8) is 0 Å². The van der Waals surface area contributed by atoms with E-state index < -0.39 is 12.5 Å². The number of halogens is 2. The highest BCUT2D eigenvalue weighted by Gasteiger charge is 2.41. The van der Waals surface area contributed by atoms with Crippen LogP contribution in [0.5, 0.6) is 5.75 Å². The Hall–Kier alpha value is -2.96. The summed E-state index contributed by atoms with van der Waals surface area (Å²) in [5.41, 5.74) is 1.99. The van der Waals surface area contributed by atoms with Gasteiger partial charge in [-0.2, -0.15) is 8.78 Å². The van der Waals surface area contributed by atoms with Crippen LogP contribution in [-0.2, 0) is 16.0 Å². The molecule has 2 aromatic rings. The number of hydrogen-bond acceptors (Lipinski definition) is 3. The number of rotatable bonds is 7. The first-order valence-corrected chi connectivity index (χ1v) is 9.71. The van der Waals surface area contributed by atoms with E-state index in [1.165, 1.54) is 6.07 Å². The quantitative estimate of drug-likeness (QED) is 0.769. The van der Waals surface area contributed by atoms with Crippen LogP contribution in [-0.4, -0.2) is 35.9 Å². The minimum Gasteiger partial charge on any atom is -0.435 e. The molecule has 1 heterocycles. The summed E-state index contributed by atoms with van der Waals surface area (Å²) >= 11 is 0. The van der Waals surface area contributed by atoms with E-state index in [0.29, 0.717) is 30.3 Å². The zero-order chi connectivity index (χ0) is 20.4. The molecule has 2 aromatic carbocycles. The van der Waals surface area contributed by atoms with E-state index in [4.69, 9.17) is 0 Å². The summed E-state index contributed by atoms with van der Waals surface area (Å²) in [6.07, 6.45) is 2.62. The number of alkyl halides is 2. The van der Waals surface area contributed by atoms with Crippen molar-refractivity contribution in [2.75, 3.05) is 11.9 Å². The van der Waals surface area contributed by atoms with E-state index in [0.717, 1.165) is 18.4 Å². The van der Waals surface area contributed by atoms with Gasteiger partial charge < -0.3 is 15.0 Å². The average molecular weight is 400 g/mol. The molecule has 0 bridgehead atoms. The van der Waals surface area contributed by atoms with Gasteiger partial charge in [0, 0.05) is 36.7 Å². The van der Waals surface area contributed by atoms with Gasteiger partial charge in [0.1, 0.15) is 5.75 Å². The highest BCUT2D eigenvalue weighted by Crippen LogP contribution is 2.33. The van der Waals surface area contributed by atoms with Gasteiger partial charge in [0.05, 0.1) is 5.92 Å². The Kier molecular flexibility index (Phi) is 5.47. The first kappa shape index (κ1) is 19.4. The lowest BCUT2D eigenvalue weighted by molar-refractivity contribution is -0.128. The van der Waals surface area contributed by atoms with Crippen LogP contribution in [0.4, 0.5) is 14.5 Å². The summed E-state index contributed by atoms with van der Waals surface area (Å²) in [5.74, 6) is -0.511. The Balaban J connectivity index is 1.49. The number of nitrogens with zero attached hydrogens (tertiary/aromatic N) is 1. The molecule has 1 aliphatic heterocycles. The smallest absolute Gasteiger partial charge is 0.387 e. The molecule has 4 rings (SSSR count). The van der Waals surface area contributed by atoms with Crippen LogP contribution >= 0.6 is 0 Å². The number of likely N-dealkylation sites (tertiary alicyclic amines) is 1. The molecule has 0 spiro atoms. The van der Waals surface area contributed by atoms with E-state index in [1.54, 1.807) is 17.0 Å². The number of anilines is 1. The van der Waals surface area contributed by atoms with Gasteiger partial charge in [-0.1, -0.05) is 30.3 Å². The van der Waals surface area contributed by atoms with Crippen molar-refractivity contribution in [3.8, 4) is 5.75 Å². The summed E-state index contributed by atoms with van der Waals surface area (Å²) in [4.78, 5) is 26.5. The van der Waals surface area contributed by atoms with Crippen LogP contribution in [0.2, 0.25) is 0 Å². The second-order valence-corrected chi connectivity index (χ2v) is 7.53. The van der Waals surface area contributed by atoms with Gasteiger partial charge in [0.15, 0.2) is 0 Å². The summed E-state index contributed by atoms with van der Waals surface area (Å²) in [6.45, 7) is -2.48. The molecule has 0 aromatic heterocycles. The molecule has 0 radical (unpaired) electrons. The van der Waals surface area contributed by atoms with Crippen molar-refractivity contribution in [2.45, 2.75) is 38.3 Å². The van der Waals surface area contributed by atoms with Crippen LogP contribution in [0.1, 0.15) is 30.4 Å². The molecule has 2 aliphatic rings. The number of ether oxygens (including phenoxy) is 1. The van der Waals surface area contributed by atoms with Crippen LogP contribution in [0.15, 0.2) is 48.5 Å². The first-order chi connectivity index (χ1) is 14.0. The fourth-order valence-electron chi connectivity index (χ4n) is 3.71. The minimum absolute atomic E-state index is 0.0260. The largest absolute Gasteiger partial charge is 0.435 e. The summed E-state index contributed by atoms with van der Waals surface area (Å²) in [7, 11) is 0. The lowest BCUT2D eigenvalue weighted by Gasteiger charge is -2.16. The summed E-state index contributed by atoms with van der Waals surface area (Å²) in [6, 6.07) is 14.3. The van der Waals surface area contributed by atoms with Gasteiger partial charge in [-0.25, -0.2) is 0 Å². The number of carbonyl (C=O) groups excluding carboxylic acids is 2. The monoisotopic (exact) mass is 400 g/mol. The zero-order valence-corrected chi connectivity index (χ0v) is 15.8. The van der Waals surface area contributed by atoms with E-state index >= 15 is 0 Å². The molecular formula is C22H22F2N2O3. The predicted octanol–water partition coefficient (Wildman–Crippen LogP) is 3.83. The number of benzene rings is 2. The SMILES string of the molecule is O=C(Nc1ccc(OC(F)F)c(Cc2ccccc2)c1)[C@H]1CC(=O)N(C2CC2)C1. The first-order valence-electron chi connectivity index (χ1n) is 9.71. The third-order valence-corrected chi connectivity index (χ3v) is 5.30. The Morgan fingerprint density at radius 1 is 1.17 bits per heavy atom. The topological polar surface area (TPSA) is 58.6 Å². The molecule has 2 fully saturated rings. The molecule has 1 saturated heterocycles. The maximum Gasteiger partial charge on any atom is 0.387 e. The number of hydrogen-bond donors (Lipinski definition) is 1. The fraction of sp³-hybridized carbons (Fsp3) is 0.364. The van der Waals surface area contributed by atoms with E-state index in [1.807, 2.05) is 30.3 Å². The lowest BCUT2D eigenvalue weighted by atomic mass is 10.0. The Bertz CT molecular complexity index is 900. The Morgan fingerprint density at radius 2 is 1.93 bits per heavy atom. The van der Waals surface area contributed by atoms with Gasteiger partial charge in [0.2, 0.25) is 11.8 Å². The standard InChI is InChI=1S/C22H22F2N2O3/c23-22(24)29-19-9-6-17(11-15(19)10-14-4-2-1-3-5-14)25-21(28)16-12-20(27)26(13-16)18-7-8-18/h1-6,9,11,16,18,22H,7-8,10,12-13H2,(H,25,28)/t16-/m0/s1. The van der Waals surface area contributed by atoms with Crippen molar-refractivity contribution >= 4 is 17.5 Å². The van der Waals surface area contributed by atoms with Crippen molar-refractivity contribution in [3.05, 3.63) is 59.7 Å². The molecule has 29 heavy (non-hydrogen) atoms. The van der Waals surface area contributed by atoms with Crippen LogP contribution < -0.4 is 10.1 Å².